The second-order valence-corrected chi connectivity index (χ2v) is 31.5. The lowest BCUT2D eigenvalue weighted by Gasteiger charge is -2.21. The van der Waals surface area contributed by atoms with Gasteiger partial charge in [0.2, 0.25) is 0 Å². The number of aliphatic hydroxyl groups is 2. The molecule has 0 aromatic carbocycles. The Bertz CT molecular complexity index is 2830. The standard InChI is InChI=1S/C95H156O16P2/c1-4-7-10-13-16-19-22-25-28-31-34-37-39-41-43-44-46-48-49-52-54-57-60-63-66-69-72-75-78-81-93(98)105-84-90(96)85-107-112(101,102)108-86-91(97)87-109-113(103,104)110-89-92(111-95(100)83-80-77-74-71-68-65-62-59-56-51-36-33-30-27-24-21-18-15-12-9-6-3)88-106-94(99)82-79-76-73-70-67-64-61-58-55-53-50-47-45-42-40-38-35-32-29-26-23-20-17-14-11-8-5-2/h7,9-10,12,16-21,25-30,34-38,41-43,45-46,48,51,59,62,68,71,90-92,96-97H,4-6,8,11,13-15,22-24,31-33,39-40,44,47,49-50,52-58,60-61,63-67,69-70,72-89H2,1-3H3,(H,101,102)(H,103,104)/b10-7-,12-9-,19-16-,20-17-,21-18-,28-25-,29-26-,30-27-,37-34-,38-35-,43-41-,45-42-,48-46-,51-36-,62-59-,71-68-. The van der Waals surface area contributed by atoms with E-state index >= 15 is 0 Å². The predicted molar refractivity (Wildman–Crippen MR) is 472 cm³/mol. The molecule has 0 radical (unpaired) electrons. The third kappa shape index (κ3) is 87.1. The van der Waals surface area contributed by atoms with Gasteiger partial charge in [-0.25, -0.2) is 9.13 Å². The zero-order chi connectivity index (χ0) is 82.2. The van der Waals surface area contributed by atoms with Crippen LogP contribution in [0.5, 0.6) is 0 Å². The van der Waals surface area contributed by atoms with Crippen molar-refractivity contribution in [3.05, 3.63) is 194 Å². The van der Waals surface area contributed by atoms with Crippen LogP contribution < -0.4 is 0 Å². The van der Waals surface area contributed by atoms with Crippen LogP contribution in [0.15, 0.2) is 194 Å². The smallest absolute Gasteiger partial charge is 0.463 e. The van der Waals surface area contributed by atoms with E-state index < -0.39 is 91.5 Å². The average Bonchev–Trinajstić information content (AvgIpc) is 0.903. The minimum Gasteiger partial charge on any atom is -0.463 e. The summed E-state index contributed by atoms with van der Waals surface area (Å²) in [4.78, 5) is 58.9. The average molecular weight is 1620 g/mol. The van der Waals surface area contributed by atoms with Crippen molar-refractivity contribution < 1.29 is 75.8 Å². The summed E-state index contributed by atoms with van der Waals surface area (Å²) >= 11 is 0. The number of phosphoric acid groups is 2. The number of aliphatic hydroxyl groups excluding tert-OH is 2. The normalized spacial score (nSPS) is 14.8. The molecule has 113 heavy (non-hydrogen) atoms. The highest BCUT2D eigenvalue weighted by Gasteiger charge is 2.29. The molecule has 0 heterocycles. The first kappa shape index (κ1) is 107. The second kappa shape index (κ2) is 85.8. The van der Waals surface area contributed by atoms with Crippen molar-refractivity contribution in [2.24, 2.45) is 0 Å². The third-order valence-corrected chi connectivity index (χ3v) is 19.7. The number of rotatable bonds is 81. The van der Waals surface area contributed by atoms with Crippen molar-refractivity contribution in [1.29, 1.82) is 0 Å². The summed E-state index contributed by atoms with van der Waals surface area (Å²) in [5.41, 5.74) is 0. The molecule has 0 fully saturated rings. The van der Waals surface area contributed by atoms with Gasteiger partial charge in [0.1, 0.15) is 25.4 Å². The minimum absolute atomic E-state index is 0.0422. The summed E-state index contributed by atoms with van der Waals surface area (Å²) in [5, 5.41) is 20.7. The van der Waals surface area contributed by atoms with E-state index in [2.05, 4.69) is 215 Å². The quantitative estimate of drug-likeness (QED) is 0.0146. The Hall–Kier alpha value is -5.61. The summed E-state index contributed by atoms with van der Waals surface area (Å²) in [6, 6.07) is 0. The van der Waals surface area contributed by atoms with E-state index in [0.29, 0.717) is 25.7 Å². The van der Waals surface area contributed by atoms with Crippen molar-refractivity contribution in [2.45, 2.75) is 347 Å². The lowest BCUT2D eigenvalue weighted by molar-refractivity contribution is -0.161. The molecule has 0 aliphatic heterocycles. The highest BCUT2D eigenvalue weighted by molar-refractivity contribution is 7.47. The molecule has 0 rings (SSSR count). The van der Waals surface area contributed by atoms with Gasteiger partial charge in [-0.1, -0.05) is 337 Å². The molecule has 0 aromatic rings. The van der Waals surface area contributed by atoms with Crippen molar-refractivity contribution in [1.82, 2.24) is 0 Å². The van der Waals surface area contributed by atoms with Crippen molar-refractivity contribution in [2.75, 3.05) is 39.6 Å². The second-order valence-electron chi connectivity index (χ2n) is 28.6. The Morgan fingerprint density at radius 3 is 0.761 bits per heavy atom. The number of ether oxygens (including phenoxy) is 3. The summed E-state index contributed by atoms with van der Waals surface area (Å²) in [6.07, 6.45) is 113. The molecule has 0 aromatic heterocycles. The molecule has 0 amide bonds. The topological polar surface area (TPSA) is 231 Å². The Labute approximate surface area is 687 Å². The zero-order valence-corrected chi connectivity index (χ0v) is 72.3. The van der Waals surface area contributed by atoms with Gasteiger partial charge in [0.05, 0.1) is 26.4 Å². The van der Waals surface area contributed by atoms with Crippen LogP contribution in [-0.4, -0.2) is 95.9 Å². The summed E-state index contributed by atoms with van der Waals surface area (Å²) in [6.45, 7) is 2.37. The number of esters is 3. The lowest BCUT2D eigenvalue weighted by atomic mass is 10.0. The number of unbranched alkanes of at least 4 members (excludes halogenated alkanes) is 26. The number of hydrogen-bond acceptors (Lipinski definition) is 14. The maximum absolute atomic E-state index is 13.0. The van der Waals surface area contributed by atoms with Crippen molar-refractivity contribution >= 4 is 33.6 Å². The number of carbonyl (C=O) groups excluding carboxylic acids is 3. The molecule has 0 saturated heterocycles. The molecule has 0 spiro atoms. The maximum atomic E-state index is 13.0. The van der Waals surface area contributed by atoms with Gasteiger partial charge in [-0.2, -0.15) is 0 Å². The molecule has 4 N–H and O–H groups in total. The zero-order valence-electron chi connectivity index (χ0n) is 70.5. The van der Waals surface area contributed by atoms with Crippen LogP contribution in [0.3, 0.4) is 0 Å². The lowest BCUT2D eigenvalue weighted by Crippen LogP contribution is -2.30. The summed E-state index contributed by atoms with van der Waals surface area (Å²) in [5.74, 6) is -1.64. The highest BCUT2D eigenvalue weighted by atomic mass is 31.2. The molecular weight excluding hydrogens is 1460 g/mol. The molecule has 18 heteroatoms. The molecule has 642 valence electrons. The van der Waals surface area contributed by atoms with Gasteiger partial charge in [0, 0.05) is 19.3 Å². The van der Waals surface area contributed by atoms with Crippen LogP contribution in [0.1, 0.15) is 329 Å². The first-order chi connectivity index (χ1) is 55.2. The summed E-state index contributed by atoms with van der Waals surface area (Å²) < 4.78 is 61.3. The molecular formula is C95H156O16P2. The van der Waals surface area contributed by atoms with Crippen LogP contribution in [0.2, 0.25) is 0 Å². The van der Waals surface area contributed by atoms with Gasteiger partial charge >= 0.3 is 33.6 Å². The van der Waals surface area contributed by atoms with Crippen LogP contribution >= 0.6 is 15.6 Å². The maximum Gasteiger partial charge on any atom is 0.472 e. The van der Waals surface area contributed by atoms with E-state index in [-0.39, 0.29) is 19.3 Å². The van der Waals surface area contributed by atoms with E-state index in [1.165, 1.54) is 96.3 Å². The fourth-order valence-electron chi connectivity index (χ4n) is 11.2. The Balaban J connectivity index is 4.69. The number of carbonyl (C=O) groups is 3. The van der Waals surface area contributed by atoms with Crippen molar-refractivity contribution in [3.63, 3.8) is 0 Å². The van der Waals surface area contributed by atoms with Gasteiger partial charge in [-0.05, 0) is 167 Å². The van der Waals surface area contributed by atoms with Crippen LogP contribution in [0, 0.1) is 0 Å². The van der Waals surface area contributed by atoms with E-state index in [4.69, 9.17) is 32.3 Å². The first-order valence-electron chi connectivity index (χ1n) is 43.7. The molecule has 0 saturated carbocycles. The molecule has 16 nitrogen and oxygen atoms in total. The van der Waals surface area contributed by atoms with E-state index in [0.717, 1.165) is 167 Å². The van der Waals surface area contributed by atoms with Gasteiger partial charge in [0.25, 0.3) is 0 Å². The van der Waals surface area contributed by atoms with Crippen LogP contribution in [0.4, 0.5) is 0 Å². The van der Waals surface area contributed by atoms with Gasteiger partial charge in [-0.3, -0.25) is 32.5 Å². The van der Waals surface area contributed by atoms with Crippen LogP contribution in [0.25, 0.3) is 0 Å². The third-order valence-electron chi connectivity index (χ3n) is 17.8. The molecule has 0 bridgehead atoms. The first-order valence-corrected chi connectivity index (χ1v) is 46.7. The highest BCUT2D eigenvalue weighted by Crippen LogP contribution is 2.45. The monoisotopic (exact) mass is 1620 g/mol. The largest absolute Gasteiger partial charge is 0.472 e. The van der Waals surface area contributed by atoms with Gasteiger partial charge in [-0.15, -0.1) is 0 Å². The SMILES string of the molecule is CC/C=C\C/C=C\C/C=C\C/C=C\C/C=C\C/C=C\CCCCCCCCCCCCC(=O)OCC(O)COP(=O)(O)OCC(O)COP(=O)(O)OCC(COC(=O)CCCCCCCCCCCCC/C=C\C/C=C\C/C=C\C/C=C\CCCCC)OC(=O)CCCC/C=C\C/C=C\C/C=C\C/C=C\C/C=C\C/C=C\CC. The summed E-state index contributed by atoms with van der Waals surface area (Å²) in [7, 11) is -9.83. The van der Waals surface area contributed by atoms with E-state index in [1.807, 2.05) is 0 Å². The number of phosphoric ester groups is 2. The number of hydrogen-bond donors (Lipinski definition) is 4. The fourth-order valence-corrected chi connectivity index (χ4v) is 12.8. The van der Waals surface area contributed by atoms with Crippen LogP contribution in [-0.2, 0) is 55.8 Å². The van der Waals surface area contributed by atoms with Gasteiger partial charge in [0.15, 0.2) is 6.10 Å². The fraction of sp³-hybridized carbons (Fsp3) is 0.632. The van der Waals surface area contributed by atoms with Crippen molar-refractivity contribution in [3.8, 4) is 0 Å². The van der Waals surface area contributed by atoms with E-state index in [9.17, 15) is 43.5 Å². The molecule has 5 unspecified atom stereocenters. The van der Waals surface area contributed by atoms with E-state index in [1.54, 1.807) is 0 Å². The Morgan fingerprint density at radius 2 is 0.469 bits per heavy atom. The Kier molecular flexibility index (Phi) is 81.5. The molecule has 0 aliphatic rings. The Morgan fingerprint density at radius 1 is 0.257 bits per heavy atom. The number of allylic oxidation sites excluding steroid dienone is 32. The van der Waals surface area contributed by atoms with Gasteiger partial charge < -0.3 is 34.2 Å². The minimum atomic E-state index is -4.96. The predicted octanol–water partition coefficient (Wildman–Crippen LogP) is 26.7. The molecule has 5 atom stereocenters. The molecule has 0 aliphatic carbocycles.